The summed E-state index contributed by atoms with van der Waals surface area (Å²) >= 11 is 0. The highest BCUT2D eigenvalue weighted by Crippen LogP contribution is 2.36. The first-order valence-corrected chi connectivity index (χ1v) is 5.99. The Kier molecular flexibility index (Phi) is 4.15. The zero-order valence-corrected chi connectivity index (χ0v) is 11.8. The fraction of sp³-hybridized carbons (Fsp3) is 0.500. The zero-order chi connectivity index (χ0) is 14.8. The van der Waals surface area contributed by atoms with E-state index in [1.54, 1.807) is 40.7 Å². The van der Waals surface area contributed by atoms with Gasteiger partial charge >= 0.3 is 11.9 Å². The van der Waals surface area contributed by atoms with Crippen molar-refractivity contribution in [2.45, 2.75) is 40.2 Å². The minimum Gasteiger partial charge on any atom is -0.462 e. The molecule has 0 saturated heterocycles. The van der Waals surface area contributed by atoms with E-state index >= 15 is 0 Å². The zero-order valence-electron chi connectivity index (χ0n) is 11.8. The Morgan fingerprint density at radius 1 is 1.47 bits per heavy atom. The van der Waals surface area contributed by atoms with Crippen LogP contribution in [0.3, 0.4) is 0 Å². The number of esters is 2. The maximum absolute atomic E-state index is 11.9. The first kappa shape index (κ1) is 15.0. The first-order chi connectivity index (χ1) is 8.76. The summed E-state index contributed by atoms with van der Waals surface area (Å²) in [5, 5.41) is 9.07. The third-order valence-corrected chi connectivity index (χ3v) is 3.17. The van der Waals surface area contributed by atoms with Crippen molar-refractivity contribution in [2.24, 2.45) is 0 Å². The molecule has 0 unspecified atom stereocenters. The second-order valence-corrected chi connectivity index (χ2v) is 4.73. The molecule has 1 aliphatic rings. The van der Waals surface area contributed by atoms with Gasteiger partial charge in [-0.15, -0.1) is 0 Å². The fourth-order valence-electron chi connectivity index (χ4n) is 1.86. The van der Waals surface area contributed by atoms with Gasteiger partial charge < -0.3 is 9.47 Å². The van der Waals surface area contributed by atoms with Crippen LogP contribution in [0.2, 0.25) is 0 Å². The van der Waals surface area contributed by atoms with E-state index in [1.807, 2.05) is 0 Å². The molecule has 0 bridgehead atoms. The van der Waals surface area contributed by atoms with E-state index in [0.717, 1.165) is 0 Å². The van der Waals surface area contributed by atoms with Gasteiger partial charge in [-0.2, -0.15) is 5.26 Å². The molecule has 0 saturated carbocycles. The maximum atomic E-state index is 11.9. The number of ether oxygens (including phenoxy) is 2. The lowest BCUT2D eigenvalue weighted by atomic mass is 9.92. The highest BCUT2D eigenvalue weighted by molar-refractivity contribution is 6.02. The normalized spacial score (nSPS) is 18.6. The summed E-state index contributed by atoms with van der Waals surface area (Å²) in [5.74, 6) is -1.24. The van der Waals surface area contributed by atoms with Crippen LogP contribution in [0.15, 0.2) is 22.3 Å². The summed E-state index contributed by atoms with van der Waals surface area (Å²) in [6.07, 6.45) is 0. The monoisotopic (exact) mass is 263 g/mol. The third-order valence-electron chi connectivity index (χ3n) is 3.17. The summed E-state index contributed by atoms with van der Waals surface area (Å²) in [6, 6.07) is 1.79. The van der Waals surface area contributed by atoms with Crippen molar-refractivity contribution < 1.29 is 19.1 Å². The molecule has 0 radical (unpaired) electrons. The van der Waals surface area contributed by atoms with Gasteiger partial charge in [-0.25, -0.2) is 9.59 Å². The molecule has 5 nitrogen and oxygen atoms in total. The minimum absolute atomic E-state index is 0.161. The average Bonchev–Trinajstić information content (AvgIpc) is 2.49. The van der Waals surface area contributed by atoms with E-state index in [0.29, 0.717) is 11.1 Å². The number of hydrogen-bond donors (Lipinski definition) is 0. The van der Waals surface area contributed by atoms with Gasteiger partial charge in [0.1, 0.15) is 17.2 Å². The van der Waals surface area contributed by atoms with Crippen molar-refractivity contribution in [3.63, 3.8) is 0 Å². The molecule has 0 N–H and O–H groups in total. The van der Waals surface area contributed by atoms with Crippen molar-refractivity contribution in [2.75, 3.05) is 6.61 Å². The van der Waals surface area contributed by atoms with Gasteiger partial charge in [0.2, 0.25) is 0 Å². The topological polar surface area (TPSA) is 76.4 Å². The van der Waals surface area contributed by atoms with Gasteiger partial charge in [0.25, 0.3) is 0 Å². The standard InChI is InChI=1S/C14H17NO4/c1-6-18-12(16)10(7-15)8(2)11-9(3)14(4,5)19-13(11)17/h6H2,1-5H3. The van der Waals surface area contributed by atoms with E-state index < -0.39 is 17.5 Å². The Morgan fingerprint density at radius 3 is 2.42 bits per heavy atom. The number of nitrogens with zero attached hydrogens (tertiary/aromatic N) is 1. The predicted molar refractivity (Wildman–Crippen MR) is 67.8 cm³/mol. The fourth-order valence-corrected chi connectivity index (χ4v) is 1.86. The number of nitriles is 1. The van der Waals surface area contributed by atoms with Crippen molar-refractivity contribution >= 4 is 11.9 Å². The summed E-state index contributed by atoms with van der Waals surface area (Å²) in [7, 11) is 0. The molecule has 19 heavy (non-hydrogen) atoms. The Labute approximate surface area is 112 Å². The SMILES string of the molecule is CCOC(=O)C(C#N)=C(C)C1=C(C)C(C)(C)OC1=O. The summed E-state index contributed by atoms with van der Waals surface area (Å²) < 4.78 is 10.0. The average molecular weight is 263 g/mol. The number of rotatable bonds is 3. The van der Waals surface area contributed by atoms with Crippen LogP contribution >= 0.6 is 0 Å². The van der Waals surface area contributed by atoms with Gasteiger partial charge in [-0.1, -0.05) is 0 Å². The summed E-state index contributed by atoms with van der Waals surface area (Å²) in [4.78, 5) is 23.5. The molecule has 0 aliphatic carbocycles. The largest absolute Gasteiger partial charge is 0.462 e. The first-order valence-electron chi connectivity index (χ1n) is 5.99. The highest BCUT2D eigenvalue weighted by atomic mass is 16.6. The Balaban J connectivity index is 3.36. The molecule has 1 aliphatic heterocycles. The van der Waals surface area contributed by atoms with Crippen LogP contribution in [-0.4, -0.2) is 24.1 Å². The molecule has 0 amide bonds. The molecule has 0 fully saturated rings. The van der Waals surface area contributed by atoms with Crippen molar-refractivity contribution in [3.8, 4) is 6.07 Å². The molecule has 0 aromatic carbocycles. The van der Waals surface area contributed by atoms with Crippen molar-refractivity contribution in [1.82, 2.24) is 0 Å². The molecule has 0 aromatic rings. The van der Waals surface area contributed by atoms with E-state index in [9.17, 15) is 9.59 Å². The van der Waals surface area contributed by atoms with Crippen molar-refractivity contribution in [1.29, 1.82) is 5.26 Å². The lowest BCUT2D eigenvalue weighted by Gasteiger charge is -2.18. The molecule has 5 heteroatoms. The molecular formula is C14H17NO4. The van der Waals surface area contributed by atoms with Gasteiger partial charge in [0, 0.05) is 0 Å². The molecule has 102 valence electrons. The second-order valence-electron chi connectivity index (χ2n) is 4.73. The van der Waals surface area contributed by atoms with Crippen LogP contribution in [0.4, 0.5) is 0 Å². The molecular weight excluding hydrogens is 246 g/mol. The Bertz CT molecular complexity index is 532. The van der Waals surface area contributed by atoms with Crippen molar-refractivity contribution in [3.05, 3.63) is 22.3 Å². The van der Waals surface area contributed by atoms with Gasteiger partial charge in [-0.05, 0) is 45.8 Å². The van der Waals surface area contributed by atoms with Gasteiger partial charge in [-0.3, -0.25) is 0 Å². The molecule has 0 aromatic heterocycles. The quantitative estimate of drug-likeness (QED) is 0.442. The molecule has 0 spiro atoms. The van der Waals surface area contributed by atoms with Gasteiger partial charge in [0.05, 0.1) is 12.2 Å². The van der Waals surface area contributed by atoms with Crippen LogP contribution in [0.5, 0.6) is 0 Å². The number of hydrogen-bond acceptors (Lipinski definition) is 5. The maximum Gasteiger partial charge on any atom is 0.349 e. The van der Waals surface area contributed by atoms with E-state index in [2.05, 4.69) is 0 Å². The minimum atomic E-state index is -0.722. The van der Waals surface area contributed by atoms with Crippen LogP contribution in [-0.2, 0) is 19.1 Å². The number of cyclic esters (lactones) is 1. The van der Waals surface area contributed by atoms with E-state index in [-0.39, 0.29) is 17.8 Å². The summed E-state index contributed by atoms with van der Waals surface area (Å²) in [5.41, 5.74) is 0.407. The summed E-state index contributed by atoms with van der Waals surface area (Å²) in [6.45, 7) is 8.65. The van der Waals surface area contributed by atoms with Crippen LogP contribution in [0.25, 0.3) is 0 Å². The molecule has 1 heterocycles. The second kappa shape index (κ2) is 5.27. The third kappa shape index (κ3) is 2.68. The Morgan fingerprint density at radius 2 is 2.05 bits per heavy atom. The number of carbonyl (C=O) groups excluding carboxylic acids is 2. The lowest BCUT2D eigenvalue weighted by molar-refractivity contribution is -0.144. The Hall–Kier alpha value is -2.09. The van der Waals surface area contributed by atoms with Crippen LogP contribution < -0.4 is 0 Å². The van der Waals surface area contributed by atoms with E-state index in [4.69, 9.17) is 14.7 Å². The van der Waals surface area contributed by atoms with Gasteiger partial charge in [0.15, 0.2) is 0 Å². The smallest absolute Gasteiger partial charge is 0.349 e. The van der Waals surface area contributed by atoms with Crippen LogP contribution in [0.1, 0.15) is 34.6 Å². The number of carbonyl (C=O) groups is 2. The van der Waals surface area contributed by atoms with Crippen LogP contribution in [0, 0.1) is 11.3 Å². The lowest BCUT2D eigenvalue weighted by Crippen LogP contribution is -2.21. The van der Waals surface area contributed by atoms with E-state index in [1.165, 1.54) is 0 Å². The predicted octanol–water partition coefficient (Wildman–Crippen LogP) is 2.04. The molecule has 0 atom stereocenters. The molecule has 1 rings (SSSR count). The highest BCUT2D eigenvalue weighted by Gasteiger charge is 2.39.